The predicted octanol–water partition coefficient (Wildman–Crippen LogP) is 3.60. The molecule has 2 aromatic carbocycles. The molecule has 156 valence electrons. The van der Waals surface area contributed by atoms with Crippen molar-refractivity contribution in [3.63, 3.8) is 0 Å². The van der Waals surface area contributed by atoms with Crippen molar-refractivity contribution in [2.45, 2.75) is 13.0 Å². The summed E-state index contributed by atoms with van der Waals surface area (Å²) >= 11 is 0. The van der Waals surface area contributed by atoms with Gasteiger partial charge in [-0.1, -0.05) is 18.2 Å². The highest BCUT2D eigenvalue weighted by Gasteiger charge is 2.27. The van der Waals surface area contributed by atoms with E-state index in [-0.39, 0.29) is 17.9 Å². The largest absolute Gasteiger partial charge is 0.380 e. The Labute approximate surface area is 171 Å². The second-order valence-electron chi connectivity index (χ2n) is 6.84. The van der Waals surface area contributed by atoms with E-state index in [1.165, 1.54) is 12.1 Å². The van der Waals surface area contributed by atoms with E-state index in [2.05, 4.69) is 10.2 Å². The molecule has 1 aliphatic heterocycles. The van der Waals surface area contributed by atoms with Crippen LogP contribution in [0.25, 0.3) is 0 Å². The van der Waals surface area contributed by atoms with E-state index in [1.54, 1.807) is 17.0 Å². The van der Waals surface area contributed by atoms with Crippen LogP contribution in [0.2, 0.25) is 0 Å². The summed E-state index contributed by atoms with van der Waals surface area (Å²) in [6, 6.07) is 15.1. The van der Waals surface area contributed by atoms with Crippen LogP contribution in [0.1, 0.15) is 6.92 Å². The average molecular weight is 401 g/mol. The number of carbonyl (C=O) groups excluding carboxylic acids is 1. The zero-order valence-electron chi connectivity index (χ0n) is 16.7. The lowest BCUT2D eigenvalue weighted by Crippen LogP contribution is -2.52. The second-order valence-corrected chi connectivity index (χ2v) is 6.84. The molecule has 1 saturated heterocycles. The molecule has 3 rings (SSSR count). The SMILES string of the molecule is CCOCC(CN(C(=O)Nc1ccc(F)cc1)c1ccccc1)N1CCOCC1. The van der Waals surface area contributed by atoms with Gasteiger partial charge < -0.3 is 14.8 Å². The highest BCUT2D eigenvalue weighted by molar-refractivity contribution is 6.01. The van der Waals surface area contributed by atoms with Crippen LogP contribution in [0.15, 0.2) is 54.6 Å². The van der Waals surface area contributed by atoms with Gasteiger partial charge in [0.1, 0.15) is 5.82 Å². The van der Waals surface area contributed by atoms with E-state index in [4.69, 9.17) is 9.47 Å². The molecule has 0 bridgehead atoms. The normalized spacial score (nSPS) is 15.7. The lowest BCUT2D eigenvalue weighted by molar-refractivity contribution is -0.00635. The fourth-order valence-corrected chi connectivity index (χ4v) is 3.32. The fraction of sp³-hybridized carbons (Fsp3) is 0.409. The van der Waals surface area contributed by atoms with Crippen LogP contribution in [0.4, 0.5) is 20.6 Å². The number of nitrogens with one attached hydrogen (secondary N) is 1. The summed E-state index contributed by atoms with van der Waals surface area (Å²) in [7, 11) is 0. The van der Waals surface area contributed by atoms with Gasteiger partial charge in [0.15, 0.2) is 0 Å². The van der Waals surface area contributed by atoms with Crippen LogP contribution in [0.3, 0.4) is 0 Å². The van der Waals surface area contributed by atoms with Crippen molar-refractivity contribution < 1.29 is 18.7 Å². The summed E-state index contributed by atoms with van der Waals surface area (Å²) in [6.45, 7) is 6.55. The average Bonchev–Trinajstić information content (AvgIpc) is 2.76. The Bertz CT molecular complexity index is 752. The van der Waals surface area contributed by atoms with E-state index in [0.717, 1.165) is 18.8 Å². The van der Waals surface area contributed by atoms with Crippen molar-refractivity contribution in [1.82, 2.24) is 4.90 Å². The lowest BCUT2D eigenvalue weighted by Gasteiger charge is -2.37. The number of para-hydroxylation sites is 1. The van der Waals surface area contributed by atoms with Gasteiger partial charge in [0, 0.05) is 37.6 Å². The molecule has 1 atom stereocenters. The highest BCUT2D eigenvalue weighted by Crippen LogP contribution is 2.19. The van der Waals surface area contributed by atoms with Crippen LogP contribution in [-0.2, 0) is 9.47 Å². The van der Waals surface area contributed by atoms with Crippen LogP contribution in [0, 0.1) is 5.82 Å². The molecule has 2 amide bonds. The van der Waals surface area contributed by atoms with Crippen molar-refractivity contribution in [3.8, 4) is 0 Å². The number of nitrogens with zero attached hydrogens (tertiary/aromatic N) is 2. The van der Waals surface area contributed by atoms with E-state index in [1.807, 2.05) is 37.3 Å². The number of hydrogen-bond acceptors (Lipinski definition) is 4. The van der Waals surface area contributed by atoms with E-state index in [0.29, 0.717) is 38.7 Å². The van der Waals surface area contributed by atoms with Crippen molar-refractivity contribution in [2.75, 3.05) is 56.3 Å². The van der Waals surface area contributed by atoms with Crippen LogP contribution in [-0.4, -0.2) is 63.0 Å². The molecule has 0 radical (unpaired) electrons. The van der Waals surface area contributed by atoms with Gasteiger partial charge in [0.05, 0.1) is 25.9 Å². The minimum atomic E-state index is -0.341. The molecule has 0 aromatic heterocycles. The number of ether oxygens (including phenoxy) is 2. The summed E-state index contributed by atoms with van der Waals surface area (Å²) in [5.74, 6) is -0.341. The Kier molecular flexibility index (Phi) is 7.98. The van der Waals surface area contributed by atoms with Crippen molar-refractivity contribution in [2.24, 2.45) is 0 Å². The summed E-state index contributed by atoms with van der Waals surface area (Å²) in [4.78, 5) is 17.1. The molecule has 29 heavy (non-hydrogen) atoms. The Morgan fingerprint density at radius 1 is 1.17 bits per heavy atom. The topological polar surface area (TPSA) is 54.0 Å². The third kappa shape index (κ3) is 6.25. The predicted molar refractivity (Wildman–Crippen MR) is 112 cm³/mol. The number of halogens is 1. The highest BCUT2D eigenvalue weighted by atomic mass is 19.1. The van der Waals surface area contributed by atoms with Gasteiger partial charge in [-0.25, -0.2) is 9.18 Å². The fourth-order valence-electron chi connectivity index (χ4n) is 3.32. The number of carbonyl (C=O) groups is 1. The minimum Gasteiger partial charge on any atom is -0.380 e. The summed E-state index contributed by atoms with van der Waals surface area (Å²) in [5.41, 5.74) is 1.34. The quantitative estimate of drug-likeness (QED) is 0.734. The van der Waals surface area contributed by atoms with Crippen molar-refractivity contribution in [1.29, 1.82) is 0 Å². The van der Waals surface area contributed by atoms with E-state index < -0.39 is 0 Å². The number of morpholine rings is 1. The number of anilines is 2. The molecule has 1 aliphatic rings. The van der Waals surface area contributed by atoms with E-state index >= 15 is 0 Å². The van der Waals surface area contributed by atoms with Crippen molar-refractivity contribution >= 4 is 17.4 Å². The number of urea groups is 1. The first-order valence-electron chi connectivity index (χ1n) is 9.96. The first-order chi connectivity index (χ1) is 14.2. The molecule has 1 N–H and O–H groups in total. The molecule has 2 aromatic rings. The Balaban J connectivity index is 1.79. The first kappa shape index (κ1) is 21.2. The first-order valence-corrected chi connectivity index (χ1v) is 9.96. The number of benzene rings is 2. The minimum absolute atomic E-state index is 0.0398. The molecular weight excluding hydrogens is 373 g/mol. The standard InChI is InChI=1S/C22H28FN3O3/c1-2-28-17-21(25-12-14-29-15-13-25)16-26(20-6-4-3-5-7-20)22(27)24-19-10-8-18(23)9-11-19/h3-11,21H,2,12-17H2,1H3,(H,24,27). The van der Waals surface area contributed by atoms with Crippen molar-refractivity contribution in [3.05, 3.63) is 60.4 Å². The zero-order valence-corrected chi connectivity index (χ0v) is 16.7. The van der Waals surface area contributed by atoms with Gasteiger partial charge in [0.25, 0.3) is 0 Å². The third-order valence-electron chi connectivity index (χ3n) is 4.88. The maximum atomic E-state index is 13.2. The molecule has 6 nitrogen and oxygen atoms in total. The number of amides is 2. The summed E-state index contributed by atoms with van der Waals surface area (Å²) in [5, 5.41) is 2.87. The van der Waals surface area contributed by atoms with Crippen LogP contribution in [0.5, 0.6) is 0 Å². The van der Waals surface area contributed by atoms with Gasteiger partial charge in [-0.2, -0.15) is 0 Å². The Hall–Kier alpha value is -2.48. The van der Waals surface area contributed by atoms with Gasteiger partial charge >= 0.3 is 6.03 Å². The maximum Gasteiger partial charge on any atom is 0.326 e. The third-order valence-corrected chi connectivity index (χ3v) is 4.88. The second kappa shape index (κ2) is 10.9. The number of rotatable bonds is 8. The molecule has 0 aliphatic carbocycles. The van der Waals surface area contributed by atoms with Gasteiger partial charge in [-0.05, 0) is 43.3 Å². The van der Waals surface area contributed by atoms with Gasteiger partial charge in [-0.15, -0.1) is 0 Å². The molecule has 7 heteroatoms. The van der Waals surface area contributed by atoms with Crippen LogP contribution < -0.4 is 10.2 Å². The molecule has 0 spiro atoms. The molecule has 1 unspecified atom stereocenters. The summed E-state index contributed by atoms with van der Waals surface area (Å²) in [6.07, 6.45) is 0. The monoisotopic (exact) mass is 401 g/mol. The molecule has 1 heterocycles. The van der Waals surface area contributed by atoms with Crippen LogP contribution >= 0.6 is 0 Å². The smallest absolute Gasteiger partial charge is 0.326 e. The Morgan fingerprint density at radius 2 is 1.86 bits per heavy atom. The Morgan fingerprint density at radius 3 is 2.52 bits per heavy atom. The zero-order chi connectivity index (χ0) is 20.5. The summed E-state index contributed by atoms with van der Waals surface area (Å²) < 4.78 is 24.4. The number of hydrogen-bond donors (Lipinski definition) is 1. The van der Waals surface area contributed by atoms with E-state index in [9.17, 15) is 9.18 Å². The molecule has 0 saturated carbocycles. The molecule has 1 fully saturated rings. The van der Waals surface area contributed by atoms with Gasteiger partial charge in [0.2, 0.25) is 0 Å². The molecular formula is C22H28FN3O3. The van der Waals surface area contributed by atoms with Gasteiger partial charge in [-0.3, -0.25) is 9.80 Å². The maximum absolute atomic E-state index is 13.2. The lowest BCUT2D eigenvalue weighted by atomic mass is 10.2.